The zero-order chi connectivity index (χ0) is 15.4. The Morgan fingerprint density at radius 2 is 1.71 bits per heavy atom. The van der Waals surface area contributed by atoms with Crippen molar-refractivity contribution in [3.8, 4) is 0 Å². The molecule has 0 bridgehead atoms. The highest BCUT2D eigenvalue weighted by molar-refractivity contribution is 5.79. The number of carbonyl (C=O) groups excluding carboxylic acids is 2. The number of nitrogens with zero attached hydrogens (tertiary/aromatic N) is 3. The number of hydrogen-bond acceptors (Lipinski definition) is 4. The van der Waals surface area contributed by atoms with Crippen LogP contribution in [-0.4, -0.2) is 78.4 Å². The van der Waals surface area contributed by atoms with Crippen LogP contribution in [0.15, 0.2) is 0 Å². The van der Waals surface area contributed by atoms with Crippen molar-refractivity contribution in [1.82, 2.24) is 14.7 Å². The van der Waals surface area contributed by atoms with Gasteiger partial charge in [-0.1, -0.05) is 0 Å². The van der Waals surface area contributed by atoms with E-state index in [1.165, 1.54) is 6.42 Å². The molecule has 0 aliphatic carbocycles. The summed E-state index contributed by atoms with van der Waals surface area (Å²) in [6.07, 6.45) is 2.28. The number of nitrogens with two attached hydrogens (primary N) is 1. The van der Waals surface area contributed by atoms with Crippen molar-refractivity contribution in [2.45, 2.75) is 32.7 Å². The smallest absolute Gasteiger partial charge is 0.236 e. The second kappa shape index (κ2) is 7.22. The highest BCUT2D eigenvalue weighted by Gasteiger charge is 2.29. The van der Waals surface area contributed by atoms with Crippen molar-refractivity contribution in [2.24, 2.45) is 11.7 Å². The van der Waals surface area contributed by atoms with Crippen LogP contribution in [0.4, 0.5) is 0 Å². The lowest BCUT2D eigenvalue weighted by Crippen LogP contribution is -2.54. The first-order valence-electron chi connectivity index (χ1n) is 7.98. The van der Waals surface area contributed by atoms with Gasteiger partial charge in [-0.2, -0.15) is 0 Å². The number of hydrogen-bond donors (Lipinski definition) is 1. The lowest BCUT2D eigenvalue weighted by atomic mass is 9.93. The number of likely N-dealkylation sites (tertiary alicyclic amines) is 1. The molecular weight excluding hydrogens is 268 g/mol. The van der Waals surface area contributed by atoms with E-state index in [0.29, 0.717) is 51.2 Å². The molecule has 2 N–H and O–H groups in total. The van der Waals surface area contributed by atoms with Crippen LogP contribution in [0, 0.1) is 5.92 Å². The zero-order valence-corrected chi connectivity index (χ0v) is 13.3. The van der Waals surface area contributed by atoms with E-state index in [4.69, 9.17) is 5.73 Å². The summed E-state index contributed by atoms with van der Waals surface area (Å²) in [5.41, 5.74) is 5.77. The summed E-state index contributed by atoms with van der Waals surface area (Å²) in [5.74, 6) is 0.795. The molecule has 0 aromatic heterocycles. The van der Waals surface area contributed by atoms with Crippen LogP contribution in [0.1, 0.15) is 26.7 Å². The highest BCUT2D eigenvalue weighted by Crippen LogP contribution is 2.21. The molecule has 6 nitrogen and oxygen atoms in total. The molecule has 2 atom stereocenters. The van der Waals surface area contributed by atoms with Crippen molar-refractivity contribution in [2.75, 3.05) is 45.8 Å². The SMILES string of the molecule is CC(=O)N1CCN(C(=O)CN2CC(CN)CCC2C)CC1. The van der Waals surface area contributed by atoms with Crippen LogP contribution in [0.5, 0.6) is 0 Å². The molecule has 0 spiro atoms. The van der Waals surface area contributed by atoms with Gasteiger partial charge >= 0.3 is 0 Å². The second-order valence-corrected chi connectivity index (χ2v) is 6.34. The summed E-state index contributed by atoms with van der Waals surface area (Å²) < 4.78 is 0. The minimum Gasteiger partial charge on any atom is -0.339 e. The fraction of sp³-hybridized carbons (Fsp3) is 0.867. The predicted molar refractivity (Wildman–Crippen MR) is 81.6 cm³/mol. The number of rotatable bonds is 3. The largest absolute Gasteiger partial charge is 0.339 e. The van der Waals surface area contributed by atoms with E-state index >= 15 is 0 Å². The maximum absolute atomic E-state index is 12.4. The lowest BCUT2D eigenvalue weighted by Gasteiger charge is -2.39. The lowest BCUT2D eigenvalue weighted by molar-refractivity contribution is -0.139. The molecule has 2 amide bonds. The van der Waals surface area contributed by atoms with Gasteiger partial charge in [0.15, 0.2) is 0 Å². The Morgan fingerprint density at radius 3 is 2.29 bits per heavy atom. The summed E-state index contributed by atoms with van der Waals surface area (Å²) in [5, 5.41) is 0. The molecule has 0 aromatic rings. The Morgan fingerprint density at radius 1 is 1.10 bits per heavy atom. The summed E-state index contributed by atoms with van der Waals surface area (Å²) >= 11 is 0. The van der Waals surface area contributed by atoms with E-state index in [0.717, 1.165) is 13.0 Å². The fourth-order valence-electron chi connectivity index (χ4n) is 3.22. The average molecular weight is 296 g/mol. The fourth-order valence-corrected chi connectivity index (χ4v) is 3.22. The van der Waals surface area contributed by atoms with Gasteiger partial charge < -0.3 is 15.5 Å². The average Bonchev–Trinajstić information content (AvgIpc) is 2.49. The number of amides is 2. The van der Waals surface area contributed by atoms with E-state index in [2.05, 4.69) is 11.8 Å². The maximum Gasteiger partial charge on any atom is 0.236 e. The summed E-state index contributed by atoms with van der Waals surface area (Å²) in [4.78, 5) is 29.7. The van der Waals surface area contributed by atoms with Crippen molar-refractivity contribution in [1.29, 1.82) is 0 Å². The van der Waals surface area contributed by atoms with Gasteiger partial charge in [0.1, 0.15) is 0 Å². The molecule has 0 saturated carbocycles. The van der Waals surface area contributed by atoms with Gasteiger partial charge in [0, 0.05) is 45.7 Å². The Bertz CT molecular complexity index is 380. The molecule has 2 unspecified atom stereocenters. The third-order valence-electron chi connectivity index (χ3n) is 4.86. The molecule has 2 rings (SSSR count). The molecule has 6 heteroatoms. The normalized spacial score (nSPS) is 27.8. The van der Waals surface area contributed by atoms with E-state index in [9.17, 15) is 9.59 Å². The monoisotopic (exact) mass is 296 g/mol. The topological polar surface area (TPSA) is 69.9 Å². The van der Waals surface area contributed by atoms with Gasteiger partial charge in [-0.25, -0.2) is 0 Å². The summed E-state index contributed by atoms with van der Waals surface area (Å²) in [6.45, 7) is 8.50. The van der Waals surface area contributed by atoms with Crippen molar-refractivity contribution in [3.05, 3.63) is 0 Å². The van der Waals surface area contributed by atoms with E-state index in [1.807, 2.05) is 4.90 Å². The van der Waals surface area contributed by atoms with Crippen LogP contribution < -0.4 is 5.73 Å². The van der Waals surface area contributed by atoms with E-state index in [1.54, 1.807) is 11.8 Å². The second-order valence-electron chi connectivity index (χ2n) is 6.34. The Balaban J connectivity index is 1.82. The van der Waals surface area contributed by atoms with Crippen LogP contribution >= 0.6 is 0 Å². The Hall–Kier alpha value is -1.14. The van der Waals surface area contributed by atoms with E-state index < -0.39 is 0 Å². The first kappa shape index (κ1) is 16.2. The number of piperazine rings is 1. The van der Waals surface area contributed by atoms with Gasteiger partial charge in [0.25, 0.3) is 0 Å². The van der Waals surface area contributed by atoms with Crippen LogP contribution in [0.25, 0.3) is 0 Å². The third-order valence-corrected chi connectivity index (χ3v) is 4.86. The quantitative estimate of drug-likeness (QED) is 0.779. The zero-order valence-electron chi connectivity index (χ0n) is 13.3. The Kier molecular flexibility index (Phi) is 5.58. The molecule has 2 saturated heterocycles. The van der Waals surface area contributed by atoms with Crippen LogP contribution in [-0.2, 0) is 9.59 Å². The van der Waals surface area contributed by atoms with Crippen LogP contribution in [0.3, 0.4) is 0 Å². The van der Waals surface area contributed by atoms with Gasteiger partial charge in [-0.15, -0.1) is 0 Å². The predicted octanol–water partition coefficient (Wildman–Crippen LogP) is -0.264. The Labute approximate surface area is 127 Å². The molecule has 0 radical (unpaired) electrons. The number of carbonyl (C=O) groups is 2. The summed E-state index contributed by atoms with van der Waals surface area (Å²) in [7, 11) is 0. The highest BCUT2D eigenvalue weighted by atomic mass is 16.2. The molecule has 2 aliphatic heterocycles. The van der Waals surface area contributed by atoms with Crippen molar-refractivity contribution in [3.63, 3.8) is 0 Å². The van der Waals surface area contributed by atoms with Gasteiger partial charge in [0.05, 0.1) is 6.54 Å². The maximum atomic E-state index is 12.4. The molecule has 0 aromatic carbocycles. The van der Waals surface area contributed by atoms with Crippen LogP contribution in [0.2, 0.25) is 0 Å². The van der Waals surface area contributed by atoms with Gasteiger partial charge in [-0.05, 0) is 32.2 Å². The van der Waals surface area contributed by atoms with Gasteiger partial charge in [0.2, 0.25) is 11.8 Å². The van der Waals surface area contributed by atoms with E-state index in [-0.39, 0.29) is 11.8 Å². The standard InChI is InChI=1S/C15H28N4O2/c1-12-3-4-14(9-16)10-19(12)11-15(21)18-7-5-17(6-8-18)13(2)20/h12,14H,3-11,16H2,1-2H3. The first-order chi connectivity index (χ1) is 10.0. The number of piperidine rings is 1. The molecule has 2 aliphatic rings. The molecule has 21 heavy (non-hydrogen) atoms. The molecule has 2 heterocycles. The van der Waals surface area contributed by atoms with Gasteiger partial charge in [-0.3, -0.25) is 14.5 Å². The first-order valence-corrected chi connectivity index (χ1v) is 7.98. The van der Waals surface area contributed by atoms with Crippen molar-refractivity contribution < 1.29 is 9.59 Å². The molecular formula is C15H28N4O2. The minimum absolute atomic E-state index is 0.0949. The summed E-state index contributed by atoms with van der Waals surface area (Å²) in [6, 6.07) is 0.454. The molecule has 2 fully saturated rings. The van der Waals surface area contributed by atoms with Crippen molar-refractivity contribution >= 4 is 11.8 Å². The molecule has 120 valence electrons. The third kappa shape index (κ3) is 4.17. The minimum atomic E-state index is 0.0949.